The van der Waals surface area contributed by atoms with Crippen LogP contribution >= 0.6 is 0 Å². The van der Waals surface area contributed by atoms with Gasteiger partial charge >= 0.3 is 0 Å². The van der Waals surface area contributed by atoms with Crippen molar-refractivity contribution in [2.75, 3.05) is 43.0 Å². The molecule has 2 saturated heterocycles. The van der Waals surface area contributed by atoms with E-state index >= 15 is 0 Å². The van der Waals surface area contributed by atoms with Gasteiger partial charge in [-0.1, -0.05) is 18.9 Å². The summed E-state index contributed by atoms with van der Waals surface area (Å²) in [4.78, 5) is 108. The first-order chi connectivity index (χ1) is 27.0. The molecule has 2 N–H and O–H groups in total. The fraction of sp³-hybridized carbons (Fsp3) is 0.385. The molecule has 3 aromatic heterocycles. The molecule has 5 amide bonds. The number of benzene rings is 1. The normalized spacial score (nSPS) is 18.8. The van der Waals surface area contributed by atoms with E-state index in [1.807, 2.05) is 6.07 Å². The minimum atomic E-state index is -1.11. The molecule has 17 heteroatoms. The number of anilines is 3. The van der Waals surface area contributed by atoms with Gasteiger partial charge in [-0.15, -0.1) is 0 Å². The van der Waals surface area contributed by atoms with Crippen LogP contribution in [-0.4, -0.2) is 103 Å². The van der Waals surface area contributed by atoms with E-state index in [1.54, 1.807) is 40.9 Å². The number of nitrogens with zero attached hydrogens (tertiary/aromatic N) is 7. The zero-order chi connectivity index (χ0) is 39.2. The van der Waals surface area contributed by atoms with Gasteiger partial charge in [0.1, 0.15) is 23.3 Å². The number of imide groups is 2. The summed E-state index contributed by atoms with van der Waals surface area (Å²) in [5.41, 5.74) is 1.84. The number of carbonyl (C=O) groups is 6. The number of Topliss-reactive ketones (excluding diaryl/α,β-unsaturated/α-hetero) is 1. The van der Waals surface area contributed by atoms with Gasteiger partial charge in [-0.25, -0.2) is 9.97 Å². The van der Waals surface area contributed by atoms with Crippen molar-refractivity contribution in [1.82, 2.24) is 34.6 Å². The Morgan fingerprint density at radius 1 is 0.929 bits per heavy atom. The quantitative estimate of drug-likeness (QED) is 0.186. The number of piperidine rings is 1. The molecule has 3 aliphatic heterocycles. The molecule has 8 rings (SSSR count). The summed E-state index contributed by atoms with van der Waals surface area (Å²) in [7, 11) is 0. The maximum atomic E-state index is 13.5. The summed E-state index contributed by atoms with van der Waals surface area (Å²) in [6.45, 7) is 4.69. The van der Waals surface area contributed by atoms with Crippen molar-refractivity contribution < 1.29 is 33.5 Å². The van der Waals surface area contributed by atoms with Gasteiger partial charge in [0.25, 0.3) is 23.3 Å². The summed E-state index contributed by atoms with van der Waals surface area (Å²) in [6, 6.07) is 7.07. The lowest BCUT2D eigenvalue weighted by molar-refractivity contribution is -0.136. The lowest BCUT2D eigenvalue weighted by Gasteiger charge is -2.36. The van der Waals surface area contributed by atoms with Gasteiger partial charge in [-0.2, -0.15) is 4.98 Å². The first-order valence-corrected chi connectivity index (χ1v) is 18.7. The van der Waals surface area contributed by atoms with Gasteiger partial charge in [0.15, 0.2) is 12.4 Å². The lowest BCUT2D eigenvalue weighted by atomic mass is 10.0. The van der Waals surface area contributed by atoms with Crippen LogP contribution in [0.25, 0.3) is 11.0 Å². The molecule has 6 heterocycles. The monoisotopic (exact) mass is 761 g/mol. The number of carbonyl (C=O) groups excluding carboxylic acids is 6. The fourth-order valence-electron chi connectivity index (χ4n) is 8.12. The van der Waals surface area contributed by atoms with E-state index in [9.17, 15) is 33.6 Å². The third-order valence-electron chi connectivity index (χ3n) is 11.0. The van der Waals surface area contributed by atoms with Crippen LogP contribution in [0.1, 0.15) is 88.1 Å². The van der Waals surface area contributed by atoms with Crippen molar-refractivity contribution in [2.24, 2.45) is 0 Å². The van der Waals surface area contributed by atoms with Crippen molar-refractivity contribution >= 4 is 63.8 Å². The second-order valence-electron chi connectivity index (χ2n) is 14.4. The smallest absolute Gasteiger partial charge is 0.266 e. The minimum absolute atomic E-state index is 0.00719. The highest BCUT2D eigenvalue weighted by Crippen LogP contribution is 2.34. The van der Waals surface area contributed by atoms with E-state index in [0.717, 1.165) is 36.3 Å². The van der Waals surface area contributed by atoms with E-state index < -0.39 is 29.7 Å². The zero-order valence-corrected chi connectivity index (χ0v) is 30.9. The molecule has 0 bridgehead atoms. The Bertz CT molecular complexity index is 2380. The molecule has 4 aliphatic rings. The van der Waals surface area contributed by atoms with E-state index in [-0.39, 0.29) is 71.1 Å². The molecule has 1 atom stereocenters. The summed E-state index contributed by atoms with van der Waals surface area (Å²) in [5.74, 6) is -2.26. The third kappa shape index (κ3) is 6.51. The molecular weight excluding hydrogens is 722 g/mol. The Hall–Kier alpha value is -6.52. The standard InChI is InChI=1S/C39H39N9O8/c1-21-26-19-41-39(44-34(26)47(23-6-3-4-7-23)37(54)32(21)22(2)49)42-29-12-10-24(18-40-29)45-14-16-46(17-15-45)31(51)20-56-28-9-5-8-25-33(28)38(55)48(36(25)53)27-11-13-30(50)43-35(27)52/h5,8-10,12,18-19,23,27H,3-4,6-7,11,13-17,20H2,1-2H3,(H,43,50,52)(H,40,41,42,44)/t27-/m1/s1. The maximum Gasteiger partial charge on any atom is 0.266 e. The zero-order valence-electron chi connectivity index (χ0n) is 30.9. The van der Waals surface area contributed by atoms with Gasteiger partial charge in [0.2, 0.25) is 17.8 Å². The molecule has 17 nitrogen and oxygen atoms in total. The summed E-state index contributed by atoms with van der Waals surface area (Å²) in [5, 5.41) is 5.97. The van der Waals surface area contributed by atoms with Gasteiger partial charge in [0.05, 0.1) is 28.6 Å². The number of hydrogen-bond acceptors (Lipinski definition) is 13. The number of ketones is 1. The molecule has 1 aromatic carbocycles. The Morgan fingerprint density at radius 3 is 2.39 bits per heavy atom. The number of rotatable bonds is 9. The van der Waals surface area contributed by atoms with Crippen molar-refractivity contribution in [1.29, 1.82) is 0 Å². The predicted octanol–water partition coefficient (Wildman–Crippen LogP) is 2.69. The van der Waals surface area contributed by atoms with Gasteiger partial charge in [0, 0.05) is 50.2 Å². The minimum Gasteiger partial charge on any atom is -0.483 e. The molecule has 288 valence electrons. The maximum absolute atomic E-state index is 13.5. The van der Waals surface area contributed by atoms with Crippen LogP contribution in [0.4, 0.5) is 17.5 Å². The van der Waals surface area contributed by atoms with Crippen LogP contribution in [0.15, 0.2) is 47.5 Å². The van der Waals surface area contributed by atoms with Crippen LogP contribution < -0.4 is 25.8 Å². The number of ether oxygens (including phenoxy) is 1. The van der Waals surface area contributed by atoms with Crippen molar-refractivity contribution in [3.05, 3.63) is 75.3 Å². The fourth-order valence-corrected chi connectivity index (χ4v) is 8.12. The van der Waals surface area contributed by atoms with Crippen LogP contribution in [0.5, 0.6) is 5.75 Å². The molecule has 0 radical (unpaired) electrons. The third-order valence-corrected chi connectivity index (χ3v) is 11.0. The van der Waals surface area contributed by atoms with E-state index in [2.05, 4.69) is 25.5 Å². The molecule has 0 spiro atoms. The number of aromatic nitrogens is 4. The molecule has 0 unspecified atom stereocenters. The molecule has 56 heavy (non-hydrogen) atoms. The SMILES string of the molecule is CC(=O)c1c(C)c2cnc(Nc3ccc(N4CCN(C(=O)COc5cccc6c5C(=O)N([C@@H]5CCC(=O)NC5=O)C6=O)CC4)cn3)nc2n(C2CCCC2)c1=O. The Labute approximate surface area is 320 Å². The molecule has 4 aromatic rings. The van der Waals surface area contributed by atoms with Crippen LogP contribution in [-0.2, 0) is 14.4 Å². The molecule has 3 fully saturated rings. The Balaban J connectivity index is 0.886. The van der Waals surface area contributed by atoms with Crippen molar-refractivity contribution in [2.45, 2.75) is 64.5 Å². The average Bonchev–Trinajstić information content (AvgIpc) is 3.80. The molecule has 1 aliphatic carbocycles. The topological polar surface area (TPSA) is 206 Å². The number of amides is 5. The number of nitrogens with one attached hydrogen (secondary N) is 2. The van der Waals surface area contributed by atoms with E-state index in [1.165, 1.54) is 19.1 Å². The highest BCUT2D eigenvalue weighted by Gasteiger charge is 2.46. The molecule has 1 saturated carbocycles. The lowest BCUT2D eigenvalue weighted by Crippen LogP contribution is -2.54. The average molecular weight is 762 g/mol. The van der Waals surface area contributed by atoms with Gasteiger partial charge < -0.3 is 19.9 Å². The van der Waals surface area contributed by atoms with E-state index in [0.29, 0.717) is 48.6 Å². The first kappa shape index (κ1) is 36.5. The highest BCUT2D eigenvalue weighted by molar-refractivity contribution is 6.24. The van der Waals surface area contributed by atoms with Crippen molar-refractivity contribution in [3.8, 4) is 5.75 Å². The number of piperazine rings is 1. The number of fused-ring (bicyclic) bond motifs is 2. The summed E-state index contributed by atoms with van der Waals surface area (Å²) >= 11 is 0. The summed E-state index contributed by atoms with van der Waals surface area (Å²) < 4.78 is 7.47. The van der Waals surface area contributed by atoms with Crippen LogP contribution in [0.3, 0.4) is 0 Å². The van der Waals surface area contributed by atoms with E-state index in [4.69, 9.17) is 9.72 Å². The highest BCUT2D eigenvalue weighted by atomic mass is 16.5. The van der Waals surface area contributed by atoms with Gasteiger partial charge in [-0.05, 0) is 62.9 Å². The largest absolute Gasteiger partial charge is 0.483 e. The van der Waals surface area contributed by atoms with Crippen molar-refractivity contribution in [3.63, 3.8) is 0 Å². The Kier molecular flexibility index (Phi) is 9.51. The predicted molar refractivity (Wildman–Crippen MR) is 201 cm³/mol. The van der Waals surface area contributed by atoms with Crippen LogP contribution in [0, 0.1) is 6.92 Å². The second kappa shape index (κ2) is 14.6. The molecular formula is C39H39N9O8. The number of pyridine rings is 2. The Morgan fingerprint density at radius 2 is 1.70 bits per heavy atom. The summed E-state index contributed by atoms with van der Waals surface area (Å²) in [6.07, 6.45) is 7.10. The second-order valence-corrected chi connectivity index (χ2v) is 14.4. The van der Waals surface area contributed by atoms with Crippen LogP contribution in [0.2, 0.25) is 0 Å². The van der Waals surface area contributed by atoms with Gasteiger partial charge in [-0.3, -0.25) is 48.3 Å². The number of aryl methyl sites for hydroxylation is 1. The number of hydrogen-bond donors (Lipinski definition) is 2. The first-order valence-electron chi connectivity index (χ1n) is 18.7.